The molecule has 6 heteroatoms. The van der Waals surface area contributed by atoms with Gasteiger partial charge in [0.05, 0.1) is 11.2 Å². The van der Waals surface area contributed by atoms with E-state index in [2.05, 4.69) is 10.3 Å². The summed E-state index contributed by atoms with van der Waals surface area (Å²) >= 11 is 1.66. The van der Waals surface area contributed by atoms with Crippen molar-refractivity contribution in [1.82, 2.24) is 10.3 Å². The van der Waals surface area contributed by atoms with E-state index in [0.29, 0.717) is 5.92 Å². The Kier molecular flexibility index (Phi) is 4.63. The van der Waals surface area contributed by atoms with Crippen LogP contribution in [0.5, 0.6) is 0 Å². The van der Waals surface area contributed by atoms with Gasteiger partial charge in [-0.15, -0.1) is 11.3 Å². The largest absolute Gasteiger partial charge is 0.321 e. The first-order valence-electron chi connectivity index (χ1n) is 8.07. The number of rotatable bonds is 4. The molecule has 0 unspecified atom stereocenters. The molecular formula is C16H22N4OS. The van der Waals surface area contributed by atoms with Gasteiger partial charge < -0.3 is 10.2 Å². The van der Waals surface area contributed by atoms with Gasteiger partial charge in [-0.2, -0.15) is 5.26 Å². The molecule has 1 aromatic rings. The Bertz CT molecular complexity index is 567. The zero-order valence-electron chi connectivity index (χ0n) is 12.9. The molecule has 5 nitrogen and oxygen atoms in total. The molecular weight excluding hydrogens is 296 g/mol. The lowest BCUT2D eigenvalue weighted by Crippen LogP contribution is -2.46. The SMILES string of the molecule is CN(c1cnc(C2CCCCC2)s1)C(=O)[C@H]1C[C@H](NC#N)C1. The van der Waals surface area contributed by atoms with Crippen LogP contribution in [-0.2, 0) is 4.79 Å². The first kappa shape index (κ1) is 15.3. The maximum Gasteiger partial charge on any atom is 0.230 e. The van der Waals surface area contributed by atoms with Crippen LogP contribution in [0, 0.1) is 17.4 Å². The number of nitrogens with zero attached hydrogens (tertiary/aromatic N) is 3. The number of hydrogen-bond acceptors (Lipinski definition) is 5. The molecule has 0 radical (unpaired) electrons. The molecule has 0 atom stereocenters. The fraction of sp³-hybridized carbons (Fsp3) is 0.688. The normalized spacial score (nSPS) is 25.1. The average molecular weight is 318 g/mol. The van der Waals surface area contributed by atoms with Gasteiger partial charge in [0, 0.05) is 24.9 Å². The topological polar surface area (TPSA) is 69.0 Å². The van der Waals surface area contributed by atoms with E-state index < -0.39 is 0 Å². The third-order valence-corrected chi connectivity index (χ3v) is 6.12. The number of aromatic nitrogens is 1. The van der Waals surface area contributed by atoms with Crippen LogP contribution in [0.1, 0.15) is 55.9 Å². The maximum absolute atomic E-state index is 12.5. The zero-order valence-corrected chi connectivity index (χ0v) is 13.7. The van der Waals surface area contributed by atoms with Gasteiger partial charge in [-0.1, -0.05) is 19.3 Å². The van der Waals surface area contributed by atoms with Crippen molar-refractivity contribution < 1.29 is 4.79 Å². The van der Waals surface area contributed by atoms with Crippen LogP contribution in [-0.4, -0.2) is 24.0 Å². The fourth-order valence-corrected chi connectivity index (χ4v) is 4.44. The van der Waals surface area contributed by atoms with Gasteiger partial charge in [0.2, 0.25) is 5.91 Å². The number of nitriles is 1. The lowest BCUT2D eigenvalue weighted by Gasteiger charge is -2.35. The van der Waals surface area contributed by atoms with Crippen LogP contribution < -0.4 is 10.2 Å². The number of carbonyl (C=O) groups is 1. The van der Waals surface area contributed by atoms with Crippen molar-refractivity contribution in [1.29, 1.82) is 5.26 Å². The van der Waals surface area contributed by atoms with Crippen LogP contribution >= 0.6 is 11.3 Å². The first-order valence-corrected chi connectivity index (χ1v) is 8.88. The molecule has 2 saturated carbocycles. The minimum absolute atomic E-state index is 0.0380. The standard InChI is InChI=1S/C16H22N4OS/c1-20(16(21)12-7-13(8-12)19-10-17)14-9-18-15(22-14)11-5-3-2-4-6-11/h9,11-13,19H,2-8H2,1H3/t12-,13-. The predicted molar refractivity (Wildman–Crippen MR) is 86.6 cm³/mol. The fourth-order valence-electron chi connectivity index (χ4n) is 3.38. The van der Waals surface area contributed by atoms with E-state index in [4.69, 9.17) is 5.26 Å². The number of carbonyl (C=O) groups excluding carboxylic acids is 1. The van der Waals surface area contributed by atoms with Crippen molar-refractivity contribution >= 4 is 22.2 Å². The third-order valence-electron chi connectivity index (χ3n) is 4.88. The molecule has 0 saturated heterocycles. The van der Waals surface area contributed by atoms with Gasteiger partial charge in [-0.3, -0.25) is 4.79 Å². The molecule has 1 aromatic heterocycles. The zero-order chi connectivity index (χ0) is 15.5. The predicted octanol–water partition coefficient (Wildman–Crippen LogP) is 3.00. The molecule has 0 spiro atoms. The highest BCUT2D eigenvalue weighted by Crippen LogP contribution is 2.38. The molecule has 2 aliphatic rings. The summed E-state index contributed by atoms with van der Waals surface area (Å²) in [6.45, 7) is 0. The van der Waals surface area contributed by atoms with E-state index in [1.807, 2.05) is 19.4 Å². The smallest absolute Gasteiger partial charge is 0.230 e. The summed E-state index contributed by atoms with van der Waals surface area (Å²) in [6.07, 6.45) is 11.7. The summed E-state index contributed by atoms with van der Waals surface area (Å²) in [5.41, 5.74) is 0. The Labute approximate surface area is 135 Å². The van der Waals surface area contributed by atoms with E-state index in [0.717, 1.165) is 17.8 Å². The van der Waals surface area contributed by atoms with Gasteiger partial charge >= 0.3 is 0 Å². The van der Waals surface area contributed by atoms with Crippen molar-refractivity contribution in [2.24, 2.45) is 5.92 Å². The molecule has 2 aliphatic carbocycles. The summed E-state index contributed by atoms with van der Waals surface area (Å²) in [6, 6.07) is 0.173. The highest BCUT2D eigenvalue weighted by molar-refractivity contribution is 7.16. The van der Waals surface area contributed by atoms with Gasteiger partial charge in [-0.05, 0) is 25.7 Å². The van der Waals surface area contributed by atoms with Crippen molar-refractivity contribution in [3.8, 4) is 6.19 Å². The van der Waals surface area contributed by atoms with Crippen molar-refractivity contribution in [2.45, 2.75) is 56.9 Å². The van der Waals surface area contributed by atoms with E-state index >= 15 is 0 Å². The molecule has 1 heterocycles. The second-order valence-corrected chi connectivity index (χ2v) is 7.43. The van der Waals surface area contributed by atoms with E-state index in [9.17, 15) is 4.79 Å². The van der Waals surface area contributed by atoms with Gasteiger partial charge in [0.1, 0.15) is 5.00 Å². The first-order chi connectivity index (χ1) is 10.7. The molecule has 22 heavy (non-hydrogen) atoms. The lowest BCUT2D eigenvalue weighted by atomic mass is 9.79. The average Bonchev–Trinajstić information content (AvgIpc) is 3.00. The third kappa shape index (κ3) is 3.09. The van der Waals surface area contributed by atoms with Crippen molar-refractivity contribution in [3.05, 3.63) is 11.2 Å². The Morgan fingerprint density at radius 1 is 1.41 bits per heavy atom. The molecule has 1 N–H and O–H groups in total. The Morgan fingerprint density at radius 3 is 2.82 bits per heavy atom. The van der Waals surface area contributed by atoms with E-state index in [1.165, 1.54) is 37.1 Å². The lowest BCUT2D eigenvalue weighted by molar-refractivity contribution is -0.125. The van der Waals surface area contributed by atoms with Crippen LogP contribution in [0.2, 0.25) is 0 Å². The summed E-state index contributed by atoms with van der Waals surface area (Å²) in [5.74, 6) is 0.773. The van der Waals surface area contributed by atoms with Crippen LogP contribution in [0.4, 0.5) is 5.00 Å². The minimum atomic E-state index is 0.0380. The maximum atomic E-state index is 12.5. The van der Waals surface area contributed by atoms with E-state index in [-0.39, 0.29) is 17.9 Å². The van der Waals surface area contributed by atoms with Crippen molar-refractivity contribution in [2.75, 3.05) is 11.9 Å². The second-order valence-electron chi connectivity index (χ2n) is 6.39. The Morgan fingerprint density at radius 2 is 2.14 bits per heavy atom. The summed E-state index contributed by atoms with van der Waals surface area (Å²) in [4.78, 5) is 18.8. The van der Waals surface area contributed by atoms with Crippen LogP contribution in [0.3, 0.4) is 0 Å². The minimum Gasteiger partial charge on any atom is -0.321 e. The van der Waals surface area contributed by atoms with E-state index in [1.54, 1.807) is 16.2 Å². The summed E-state index contributed by atoms with van der Waals surface area (Å²) in [5, 5.41) is 13.4. The highest BCUT2D eigenvalue weighted by Gasteiger charge is 2.36. The summed E-state index contributed by atoms with van der Waals surface area (Å²) < 4.78 is 0. The quantitative estimate of drug-likeness (QED) is 0.684. The van der Waals surface area contributed by atoms with Gasteiger partial charge in [0.25, 0.3) is 0 Å². The Balaban J connectivity index is 1.58. The molecule has 118 valence electrons. The Hall–Kier alpha value is -1.61. The van der Waals surface area contributed by atoms with Crippen molar-refractivity contribution in [3.63, 3.8) is 0 Å². The monoisotopic (exact) mass is 318 g/mol. The number of anilines is 1. The second kappa shape index (κ2) is 6.66. The van der Waals surface area contributed by atoms with Gasteiger partial charge in [-0.25, -0.2) is 4.98 Å². The molecule has 0 aliphatic heterocycles. The molecule has 0 aromatic carbocycles. The van der Waals surface area contributed by atoms with Crippen LogP contribution in [0.25, 0.3) is 0 Å². The number of hydrogen-bond donors (Lipinski definition) is 1. The molecule has 2 fully saturated rings. The molecule has 3 rings (SSSR count). The number of nitrogens with one attached hydrogen (secondary N) is 1. The van der Waals surface area contributed by atoms with Gasteiger partial charge in [0.15, 0.2) is 6.19 Å². The number of amides is 1. The summed E-state index contributed by atoms with van der Waals surface area (Å²) in [7, 11) is 1.84. The molecule has 1 amide bonds. The highest BCUT2D eigenvalue weighted by atomic mass is 32.1. The number of thiazole rings is 1. The molecule has 0 bridgehead atoms. The van der Waals surface area contributed by atoms with Crippen LogP contribution in [0.15, 0.2) is 6.20 Å².